The van der Waals surface area contributed by atoms with Crippen molar-refractivity contribution < 1.29 is 31.9 Å². The zero-order chi connectivity index (χ0) is 24.9. The van der Waals surface area contributed by atoms with Gasteiger partial charge in [-0.3, -0.25) is 4.79 Å². The second kappa shape index (κ2) is 8.25. The molecule has 1 N–H and O–H groups in total. The minimum absolute atomic E-state index is 0.0822. The van der Waals surface area contributed by atoms with E-state index >= 15 is 0 Å². The Hall–Kier alpha value is -2.72. The molecule has 1 aliphatic heterocycles. The summed E-state index contributed by atoms with van der Waals surface area (Å²) in [6.45, 7) is 8.76. The van der Waals surface area contributed by atoms with E-state index in [4.69, 9.17) is 4.74 Å². The third-order valence-electron chi connectivity index (χ3n) is 6.01. The topological polar surface area (TPSA) is 88.1 Å². The Labute approximate surface area is 188 Å². The molecule has 3 unspecified atom stereocenters. The predicted molar refractivity (Wildman–Crippen MR) is 110 cm³/mol. The van der Waals surface area contributed by atoms with E-state index in [1.807, 2.05) is 0 Å². The summed E-state index contributed by atoms with van der Waals surface area (Å²) >= 11 is 0. The zero-order valence-corrected chi connectivity index (χ0v) is 19.0. The van der Waals surface area contributed by atoms with Gasteiger partial charge in [0.2, 0.25) is 5.91 Å². The van der Waals surface area contributed by atoms with Crippen molar-refractivity contribution in [1.82, 2.24) is 10.2 Å². The number of hydrogen-bond donors (Lipinski definition) is 1. The number of piperidine rings is 1. The Bertz CT molecular complexity index is 946. The number of halogens is 4. The molecule has 1 heterocycles. The van der Waals surface area contributed by atoms with Crippen molar-refractivity contribution >= 4 is 12.0 Å². The first-order valence-electron chi connectivity index (χ1n) is 10.5. The molecule has 11 heteroatoms. The summed E-state index contributed by atoms with van der Waals surface area (Å²) in [5.74, 6) is -2.59. The van der Waals surface area contributed by atoms with Gasteiger partial charge in [-0.2, -0.15) is 18.1 Å². The van der Waals surface area contributed by atoms with E-state index in [1.54, 1.807) is 20.8 Å². The van der Waals surface area contributed by atoms with Gasteiger partial charge in [-0.25, -0.2) is 9.18 Å². The molecule has 0 radical (unpaired) electrons. The SMILES string of the molecule is CC(C)(C)OC(=O)N1CC2C(C1)C2C(=O)NC(C)(C)C(N=O)c1cccc(C(F)(F)F)c1F. The van der Waals surface area contributed by atoms with Crippen LogP contribution in [-0.2, 0) is 15.7 Å². The van der Waals surface area contributed by atoms with Crippen molar-refractivity contribution in [3.8, 4) is 0 Å². The number of carbonyl (C=O) groups is 2. The summed E-state index contributed by atoms with van der Waals surface area (Å²) in [6, 6.07) is 1.04. The molecule has 0 spiro atoms. The van der Waals surface area contributed by atoms with Crippen molar-refractivity contribution in [1.29, 1.82) is 0 Å². The van der Waals surface area contributed by atoms with E-state index in [0.717, 1.165) is 12.1 Å². The van der Waals surface area contributed by atoms with Crippen molar-refractivity contribution in [2.45, 2.75) is 58.0 Å². The monoisotopic (exact) mass is 473 g/mol. The van der Waals surface area contributed by atoms with E-state index in [0.29, 0.717) is 19.2 Å². The Morgan fingerprint density at radius 2 is 1.70 bits per heavy atom. The highest BCUT2D eigenvalue weighted by Gasteiger charge is 2.61. The summed E-state index contributed by atoms with van der Waals surface area (Å²) in [4.78, 5) is 38.1. The molecule has 182 valence electrons. The Morgan fingerprint density at radius 1 is 1.12 bits per heavy atom. The average molecular weight is 473 g/mol. The molecular formula is C22H27F4N3O4. The van der Waals surface area contributed by atoms with Crippen LogP contribution in [0, 0.1) is 28.5 Å². The Kier molecular flexibility index (Phi) is 6.23. The number of nitrogens with one attached hydrogen (secondary N) is 1. The molecule has 0 bridgehead atoms. The van der Waals surface area contributed by atoms with Gasteiger partial charge in [0.15, 0.2) is 0 Å². The molecule has 7 nitrogen and oxygen atoms in total. The number of alkyl halides is 3. The molecule has 3 atom stereocenters. The number of rotatable bonds is 5. The summed E-state index contributed by atoms with van der Waals surface area (Å²) in [7, 11) is 0. The summed E-state index contributed by atoms with van der Waals surface area (Å²) in [6.07, 6.45) is -5.40. The van der Waals surface area contributed by atoms with Crippen LogP contribution >= 0.6 is 0 Å². The smallest absolute Gasteiger partial charge is 0.419 e. The number of likely N-dealkylation sites (tertiary alicyclic amines) is 1. The van der Waals surface area contributed by atoms with Gasteiger partial charge in [-0.1, -0.05) is 17.3 Å². The molecule has 2 aliphatic rings. The van der Waals surface area contributed by atoms with E-state index in [2.05, 4.69) is 10.5 Å². The standard InChI is InChI=1S/C22H27F4N3O4/c1-20(2,3)33-19(31)29-9-12-13(10-29)15(12)18(30)27-21(4,5)17(28-32)11-7-6-8-14(16(11)23)22(24,25)26/h6-8,12-13,15,17H,9-10H2,1-5H3,(H,27,30). The van der Waals surface area contributed by atoms with Gasteiger partial charge in [0, 0.05) is 24.6 Å². The minimum atomic E-state index is -4.94. The molecule has 1 saturated heterocycles. The number of carbonyl (C=O) groups excluding carboxylic acids is 2. The maximum Gasteiger partial charge on any atom is 0.419 e. The first kappa shape index (κ1) is 24.9. The van der Waals surface area contributed by atoms with Gasteiger partial charge < -0.3 is 15.0 Å². The normalized spacial score (nSPS) is 23.5. The van der Waals surface area contributed by atoms with Crippen molar-refractivity contribution in [2.24, 2.45) is 22.9 Å². The van der Waals surface area contributed by atoms with Gasteiger partial charge in [0.25, 0.3) is 0 Å². The lowest BCUT2D eigenvalue weighted by Crippen LogP contribution is -2.49. The molecule has 2 fully saturated rings. The Morgan fingerprint density at radius 3 is 2.18 bits per heavy atom. The molecule has 3 rings (SSSR count). The highest BCUT2D eigenvalue weighted by Crippen LogP contribution is 2.52. The average Bonchev–Trinajstić information content (AvgIpc) is 3.15. The first-order chi connectivity index (χ1) is 15.1. The largest absolute Gasteiger partial charge is 0.444 e. The molecule has 33 heavy (non-hydrogen) atoms. The van der Waals surface area contributed by atoms with Crippen LogP contribution in [0.15, 0.2) is 23.4 Å². The maximum atomic E-state index is 14.6. The number of ether oxygens (including phenoxy) is 1. The van der Waals surface area contributed by atoms with Crippen LogP contribution in [0.25, 0.3) is 0 Å². The van der Waals surface area contributed by atoms with Crippen LogP contribution in [0.4, 0.5) is 22.4 Å². The number of nitrogens with zero attached hydrogens (tertiary/aromatic N) is 2. The van der Waals surface area contributed by atoms with Crippen molar-refractivity contribution in [2.75, 3.05) is 13.1 Å². The van der Waals surface area contributed by atoms with Gasteiger partial charge in [0.05, 0.1) is 11.1 Å². The second-order valence-electron chi connectivity index (χ2n) is 10.2. The molecule has 0 aromatic heterocycles. The number of fused-ring (bicyclic) bond motifs is 1. The van der Waals surface area contributed by atoms with Crippen molar-refractivity contribution in [3.63, 3.8) is 0 Å². The molecule has 1 saturated carbocycles. The number of hydrogen-bond acceptors (Lipinski definition) is 5. The van der Waals surface area contributed by atoms with Crippen LogP contribution in [0.2, 0.25) is 0 Å². The fourth-order valence-electron chi connectivity index (χ4n) is 4.42. The second-order valence-corrected chi connectivity index (χ2v) is 10.2. The van der Waals surface area contributed by atoms with E-state index < -0.39 is 58.2 Å². The fourth-order valence-corrected chi connectivity index (χ4v) is 4.42. The lowest BCUT2D eigenvalue weighted by Gasteiger charge is -2.32. The lowest BCUT2D eigenvalue weighted by atomic mass is 9.87. The third-order valence-corrected chi connectivity index (χ3v) is 6.01. The number of amides is 2. The molecule has 1 aromatic carbocycles. The highest BCUT2D eigenvalue weighted by atomic mass is 19.4. The molecule has 1 aliphatic carbocycles. The van der Waals surface area contributed by atoms with Gasteiger partial charge >= 0.3 is 12.3 Å². The summed E-state index contributed by atoms with van der Waals surface area (Å²) in [5, 5.41) is 5.50. The third kappa shape index (κ3) is 5.11. The van der Waals surface area contributed by atoms with Crippen LogP contribution in [0.3, 0.4) is 0 Å². The van der Waals surface area contributed by atoms with E-state index in [-0.39, 0.29) is 11.8 Å². The quantitative estimate of drug-likeness (QED) is 0.498. The summed E-state index contributed by atoms with van der Waals surface area (Å²) in [5.41, 5.74) is -4.14. The minimum Gasteiger partial charge on any atom is -0.444 e. The van der Waals surface area contributed by atoms with E-state index in [1.165, 1.54) is 18.7 Å². The van der Waals surface area contributed by atoms with E-state index in [9.17, 15) is 32.1 Å². The molecule has 2 amide bonds. The van der Waals surface area contributed by atoms with Crippen molar-refractivity contribution in [3.05, 3.63) is 40.1 Å². The molecule has 1 aromatic rings. The van der Waals surface area contributed by atoms with Gasteiger partial charge in [0.1, 0.15) is 17.5 Å². The number of nitroso groups, excluding NO2 is 1. The lowest BCUT2D eigenvalue weighted by molar-refractivity contribution is -0.140. The van der Waals surface area contributed by atoms with Crippen LogP contribution in [-0.4, -0.2) is 41.1 Å². The van der Waals surface area contributed by atoms with Crippen LogP contribution in [0.1, 0.15) is 51.8 Å². The molecular weight excluding hydrogens is 446 g/mol. The summed E-state index contributed by atoms with van der Waals surface area (Å²) < 4.78 is 59.1. The van der Waals surface area contributed by atoms with Crippen LogP contribution < -0.4 is 5.32 Å². The fraction of sp³-hybridized carbons (Fsp3) is 0.636. The predicted octanol–water partition coefficient (Wildman–Crippen LogP) is 4.66. The zero-order valence-electron chi connectivity index (χ0n) is 19.0. The van der Waals surface area contributed by atoms with Gasteiger partial charge in [-0.15, -0.1) is 0 Å². The van der Waals surface area contributed by atoms with Crippen LogP contribution in [0.5, 0.6) is 0 Å². The number of benzene rings is 1. The first-order valence-corrected chi connectivity index (χ1v) is 10.5. The highest BCUT2D eigenvalue weighted by molar-refractivity contribution is 5.84. The maximum absolute atomic E-state index is 14.6. The van der Waals surface area contributed by atoms with Gasteiger partial charge in [-0.05, 0) is 52.5 Å². The Balaban J connectivity index is 1.68.